The van der Waals surface area contributed by atoms with Gasteiger partial charge in [-0.25, -0.2) is 0 Å². The minimum Gasteiger partial charge on any atom is -0.401 e. The lowest BCUT2D eigenvalue weighted by atomic mass is 10.2. The van der Waals surface area contributed by atoms with Gasteiger partial charge in [-0.2, -0.15) is 3.89 Å². The second kappa shape index (κ2) is 5.35. The summed E-state index contributed by atoms with van der Waals surface area (Å²) in [5, 5.41) is 0. The van der Waals surface area contributed by atoms with Gasteiger partial charge >= 0.3 is 0 Å². The van der Waals surface area contributed by atoms with Crippen LogP contribution in [0.25, 0.3) is 0 Å². The van der Waals surface area contributed by atoms with Crippen molar-refractivity contribution in [2.45, 2.75) is 19.8 Å². The van der Waals surface area contributed by atoms with Gasteiger partial charge in [-0.3, -0.25) is 0 Å². The van der Waals surface area contributed by atoms with Crippen molar-refractivity contribution in [2.75, 3.05) is 0 Å². The highest BCUT2D eigenvalue weighted by molar-refractivity contribution is 7.98. The van der Waals surface area contributed by atoms with Gasteiger partial charge in [0.1, 0.15) is 0 Å². The van der Waals surface area contributed by atoms with E-state index in [-0.39, 0.29) is 12.1 Å². The molecule has 1 nitrogen and oxygen atoms in total. The first kappa shape index (κ1) is 9.56. The molecule has 0 amide bonds. The van der Waals surface area contributed by atoms with E-state index < -0.39 is 0 Å². The Labute approximate surface area is 65.5 Å². The summed E-state index contributed by atoms with van der Waals surface area (Å²) in [5.41, 5.74) is 6.09. The first-order valence-corrected chi connectivity index (χ1v) is 3.87. The van der Waals surface area contributed by atoms with E-state index in [1.807, 2.05) is 6.92 Å². The van der Waals surface area contributed by atoms with Crippen molar-refractivity contribution < 1.29 is 3.89 Å². The summed E-state index contributed by atoms with van der Waals surface area (Å²) in [7, 11) is 0. The van der Waals surface area contributed by atoms with Crippen LogP contribution in [0.3, 0.4) is 0 Å². The third-order valence-corrected chi connectivity index (χ3v) is 1.70. The fraction of sp³-hybridized carbons (Fsp3) is 0.429. The van der Waals surface area contributed by atoms with Crippen molar-refractivity contribution in [3.8, 4) is 0 Å². The molecule has 0 aliphatic heterocycles. The highest BCUT2D eigenvalue weighted by atomic mass is 32.2. The maximum atomic E-state index is 11.9. The molecule has 0 aromatic rings. The van der Waals surface area contributed by atoms with E-state index in [2.05, 4.69) is 6.58 Å². The van der Waals surface area contributed by atoms with Gasteiger partial charge in [0, 0.05) is 5.70 Å². The second-order valence-electron chi connectivity index (χ2n) is 1.92. The van der Waals surface area contributed by atoms with Gasteiger partial charge < -0.3 is 5.73 Å². The lowest BCUT2D eigenvalue weighted by Gasteiger charge is -2.00. The van der Waals surface area contributed by atoms with E-state index in [1.165, 1.54) is 6.08 Å². The molecule has 58 valence electrons. The van der Waals surface area contributed by atoms with Crippen LogP contribution in [-0.2, 0) is 0 Å². The van der Waals surface area contributed by atoms with Crippen LogP contribution >= 0.6 is 12.1 Å². The van der Waals surface area contributed by atoms with Gasteiger partial charge in [-0.15, -0.1) is 0 Å². The molecule has 0 aliphatic rings. The number of allylic oxidation sites excluding steroid dienone is 2. The Balaban J connectivity index is 4.12. The van der Waals surface area contributed by atoms with Crippen molar-refractivity contribution in [3.05, 3.63) is 23.3 Å². The molecule has 0 fully saturated rings. The molecule has 10 heavy (non-hydrogen) atoms. The summed E-state index contributed by atoms with van der Waals surface area (Å²) in [6.07, 6.45) is 3.11. The van der Waals surface area contributed by atoms with E-state index in [0.717, 1.165) is 12.8 Å². The number of nitrogens with two attached hydrogens (primary N) is 1. The van der Waals surface area contributed by atoms with Gasteiger partial charge in [0.2, 0.25) is 0 Å². The zero-order valence-corrected chi connectivity index (χ0v) is 6.88. The minimum absolute atomic E-state index is 0.155. The smallest absolute Gasteiger partial charge is 0.0830 e. The molecule has 3 heteroatoms. The quantitative estimate of drug-likeness (QED) is 0.641. The maximum absolute atomic E-state index is 11.9. The van der Waals surface area contributed by atoms with Gasteiger partial charge in [0.25, 0.3) is 0 Å². The molecule has 0 aromatic heterocycles. The Morgan fingerprint density at radius 2 is 2.40 bits per heavy atom. The molecule has 0 unspecified atom stereocenters. The summed E-state index contributed by atoms with van der Waals surface area (Å²) in [5.74, 6) is 0. The molecule has 0 heterocycles. The Morgan fingerprint density at radius 3 is 2.70 bits per heavy atom. The Hall–Kier alpha value is -0.440. The minimum atomic E-state index is 0.155. The molecule has 0 radical (unpaired) electrons. The molecule has 0 atom stereocenters. The Kier molecular flexibility index (Phi) is 5.12. The zero-order chi connectivity index (χ0) is 7.98. The number of rotatable bonds is 4. The Bertz CT molecular complexity index is 143. The van der Waals surface area contributed by atoms with Gasteiger partial charge in [0.05, 0.1) is 17.1 Å². The van der Waals surface area contributed by atoms with E-state index in [4.69, 9.17) is 5.73 Å². The van der Waals surface area contributed by atoms with Crippen molar-refractivity contribution in [1.82, 2.24) is 0 Å². The molecular weight excluding hydrogens is 149 g/mol. The van der Waals surface area contributed by atoms with Crippen LogP contribution in [0.4, 0.5) is 3.89 Å². The largest absolute Gasteiger partial charge is 0.401 e. The lowest BCUT2D eigenvalue weighted by molar-refractivity contribution is 0.886. The highest BCUT2D eigenvalue weighted by Gasteiger charge is 1.98. The van der Waals surface area contributed by atoms with Crippen molar-refractivity contribution in [2.24, 2.45) is 5.73 Å². The molecular formula is C7H12FNS. The number of hydrogen-bond acceptors (Lipinski definition) is 2. The average Bonchev–Trinajstić information content (AvgIpc) is 1.91. The second-order valence-corrected chi connectivity index (χ2v) is 2.51. The van der Waals surface area contributed by atoms with Gasteiger partial charge in [-0.05, 0) is 6.42 Å². The fourth-order valence-electron chi connectivity index (χ4n) is 0.605. The third kappa shape index (κ3) is 2.92. The SMILES string of the molecule is C=C/C(SF)=C(/N)CCC. The van der Waals surface area contributed by atoms with Gasteiger partial charge in [0.15, 0.2) is 0 Å². The fourth-order valence-corrected chi connectivity index (χ4v) is 0.869. The van der Waals surface area contributed by atoms with Crippen molar-refractivity contribution >= 4 is 12.1 Å². The average molecular weight is 161 g/mol. The monoisotopic (exact) mass is 161 g/mol. The van der Waals surface area contributed by atoms with Crippen molar-refractivity contribution in [3.63, 3.8) is 0 Å². The zero-order valence-electron chi connectivity index (χ0n) is 6.06. The molecule has 2 N–H and O–H groups in total. The summed E-state index contributed by atoms with van der Waals surface area (Å²) >= 11 is 0.155. The predicted molar refractivity (Wildman–Crippen MR) is 45.0 cm³/mol. The molecule has 0 saturated carbocycles. The maximum Gasteiger partial charge on any atom is 0.0830 e. The number of halogens is 1. The highest BCUT2D eigenvalue weighted by Crippen LogP contribution is 2.21. The van der Waals surface area contributed by atoms with Crippen molar-refractivity contribution in [1.29, 1.82) is 0 Å². The van der Waals surface area contributed by atoms with E-state index in [9.17, 15) is 3.89 Å². The lowest BCUT2D eigenvalue weighted by Crippen LogP contribution is -1.98. The predicted octanol–water partition coefficient (Wildman–Crippen LogP) is 2.76. The third-order valence-electron chi connectivity index (χ3n) is 1.10. The van der Waals surface area contributed by atoms with Crippen LogP contribution in [0.2, 0.25) is 0 Å². The molecule has 0 saturated heterocycles. The summed E-state index contributed by atoms with van der Waals surface area (Å²) in [6.45, 7) is 5.43. The van der Waals surface area contributed by atoms with Crippen LogP contribution in [0, 0.1) is 0 Å². The molecule has 0 spiro atoms. The van der Waals surface area contributed by atoms with E-state index in [1.54, 1.807) is 0 Å². The van der Waals surface area contributed by atoms with Gasteiger partial charge in [-0.1, -0.05) is 26.0 Å². The topological polar surface area (TPSA) is 26.0 Å². The van der Waals surface area contributed by atoms with Crippen LogP contribution in [0.5, 0.6) is 0 Å². The first-order chi connectivity index (χ1) is 4.76. The summed E-state index contributed by atoms with van der Waals surface area (Å²) in [4.78, 5) is 0.446. The Morgan fingerprint density at radius 1 is 1.80 bits per heavy atom. The van der Waals surface area contributed by atoms with E-state index >= 15 is 0 Å². The standard InChI is InChI=1S/C7H12FNS/c1-3-5-6(9)7(4-2)10-8/h4H,2-3,5,9H2,1H3/b7-6-. The van der Waals surface area contributed by atoms with Crippen LogP contribution in [0.15, 0.2) is 23.3 Å². The van der Waals surface area contributed by atoms with Crippen LogP contribution in [0.1, 0.15) is 19.8 Å². The number of hydrogen-bond donors (Lipinski definition) is 1. The summed E-state index contributed by atoms with van der Waals surface area (Å²) in [6, 6.07) is 0. The molecule has 0 aliphatic carbocycles. The summed E-state index contributed by atoms with van der Waals surface area (Å²) < 4.78 is 11.9. The molecule has 0 rings (SSSR count). The first-order valence-electron chi connectivity index (χ1n) is 3.15. The molecule has 0 bridgehead atoms. The molecule has 0 aromatic carbocycles. The van der Waals surface area contributed by atoms with E-state index in [0.29, 0.717) is 10.6 Å². The normalized spacial score (nSPS) is 12.6. The van der Waals surface area contributed by atoms with Crippen LogP contribution in [-0.4, -0.2) is 0 Å². The van der Waals surface area contributed by atoms with Crippen LogP contribution < -0.4 is 5.73 Å².